The van der Waals surface area contributed by atoms with E-state index in [4.69, 9.17) is 10.8 Å². The number of halogens is 2. The van der Waals surface area contributed by atoms with Crippen molar-refractivity contribution in [3.8, 4) is 0 Å². The lowest BCUT2D eigenvalue weighted by atomic mass is 10.0. The normalized spacial score (nSPS) is 11.6. The molecule has 0 bridgehead atoms. The van der Waals surface area contributed by atoms with Crippen molar-refractivity contribution in [2.24, 2.45) is 5.73 Å². The number of aliphatic carboxylic acids is 1. The van der Waals surface area contributed by atoms with Crippen molar-refractivity contribution in [2.75, 3.05) is 0 Å². The van der Waals surface area contributed by atoms with Crippen molar-refractivity contribution in [1.82, 2.24) is 0 Å². The molecule has 0 amide bonds. The van der Waals surface area contributed by atoms with Crippen molar-refractivity contribution < 1.29 is 9.90 Å². The Morgan fingerprint density at radius 2 is 2.07 bits per heavy atom. The van der Waals surface area contributed by atoms with Crippen LogP contribution in [-0.4, -0.2) is 17.1 Å². The highest BCUT2D eigenvalue weighted by molar-refractivity contribution is 9.10. The lowest BCUT2D eigenvalue weighted by Gasteiger charge is -2.09. The molecule has 0 saturated heterocycles. The van der Waals surface area contributed by atoms with Crippen LogP contribution in [0.5, 0.6) is 0 Å². The number of hydrogen-bond acceptors (Lipinski definition) is 2. The van der Waals surface area contributed by atoms with Crippen LogP contribution in [0.4, 0.5) is 0 Å². The molecule has 1 aromatic carbocycles. The van der Waals surface area contributed by atoms with Gasteiger partial charge >= 0.3 is 5.97 Å². The Morgan fingerprint density at radius 1 is 1.47 bits per heavy atom. The molecule has 1 aromatic rings. The summed E-state index contributed by atoms with van der Waals surface area (Å²) in [6, 6.07) is 7.35. The van der Waals surface area contributed by atoms with Gasteiger partial charge in [-0.3, -0.25) is 4.79 Å². The molecule has 0 aliphatic heterocycles. The van der Waals surface area contributed by atoms with Gasteiger partial charge < -0.3 is 10.8 Å². The number of carboxylic acids is 1. The third-order valence-corrected chi connectivity index (χ3v) is 2.65. The van der Waals surface area contributed by atoms with Gasteiger partial charge in [0.15, 0.2) is 0 Å². The fraction of sp³-hybridized carbons (Fsp3) is 0.300. The first-order chi connectivity index (χ1) is 6.59. The van der Waals surface area contributed by atoms with Crippen LogP contribution in [-0.2, 0) is 11.2 Å². The van der Waals surface area contributed by atoms with Crippen LogP contribution in [0.1, 0.15) is 12.0 Å². The van der Waals surface area contributed by atoms with E-state index >= 15 is 0 Å². The Morgan fingerprint density at radius 3 is 2.60 bits per heavy atom. The van der Waals surface area contributed by atoms with Crippen molar-refractivity contribution in [2.45, 2.75) is 18.9 Å². The molecule has 5 heteroatoms. The predicted molar refractivity (Wildman–Crippen MR) is 65.3 cm³/mol. The molecular formula is C10H13BrClNO2. The molecule has 0 fully saturated rings. The third-order valence-electron chi connectivity index (χ3n) is 1.88. The monoisotopic (exact) mass is 293 g/mol. The molecule has 0 unspecified atom stereocenters. The molecule has 1 atom stereocenters. The highest BCUT2D eigenvalue weighted by atomic mass is 79.9. The van der Waals surface area contributed by atoms with Crippen molar-refractivity contribution in [3.63, 3.8) is 0 Å². The smallest absolute Gasteiger partial charge is 0.304 e. The van der Waals surface area contributed by atoms with Gasteiger partial charge in [0.2, 0.25) is 0 Å². The summed E-state index contributed by atoms with van der Waals surface area (Å²) in [4.78, 5) is 10.4. The minimum atomic E-state index is -0.857. The molecule has 0 radical (unpaired) electrons. The van der Waals surface area contributed by atoms with Crippen molar-refractivity contribution in [3.05, 3.63) is 34.3 Å². The Hall–Kier alpha value is -0.580. The molecule has 0 aliphatic rings. The zero-order chi connectivity index (χ0) is 10.6. The lowest BCUT2D eigenvalue weighted by Crippen LogP contribution is -2.26. The molecule has 0 aromatic heterocycles. The topological polar surface area (TPSA) is 63.3 Å². The molecule has 84 valence electrons. The maximum atomic E-state index is 10.4. The van der Waals surface area contributed by atoms with Gasteiger partial charge in [0.05, 0.1) is 6.42 Å². The number of carbonyl (C=O) groups is 1. The van der Waals surface area contributed by atoms with E-state index < -0.39 is 5.97 Å². The molecule has 0 saturated carbocycles. The lowest BCUT2D eigenvalue weighted by molar-refractivity contribution is -0.137. The van der Waals surface area contributed by atoms with Crippen LogP contribution >= 0.6 is 28.3 Å². The van der Waals surface area contributed by atoms with Gasteiger partial charge in [-0.15, -0.1) is 12.4 Å². The first-order valence-corrected chi connectivity index (χ1v) is 5.09. The molecule has 3 N–H and O–H groups in total. The van der Waals surface area contributed by atoms with Crippen LogP contribution in [0.2, 0.25) is 0 Å². The van der Waals surface area contributed by atoms with Crippen LogP contribution < -0.4 is 5.73 Å². The summed E-state index contributed by atoms with van der Waals surface area (Å²) in [6.45, 7) is 0. The molecule has 0 aliphatic carbocycles. The van der Waals surface area contributed by atoms with Gasteiger partial charge in [0, 0.05) is 10.5 Å². The van der Waals surface area contributed by atoms with Gasteiger partial charge in [0.25, 0.3) is 0 Å². The second-order valence-electron chi connectivity index (χ2n) is 3.15. The highest BCUT2D eigenvalue weighted by Crippen LogP contribution is 2.17. The molecule has 1 rings (SSSR count). The average molecular weight is 295 g/mol. The summed E-state index contributed by atoms with van der Waals surface area (Å²) in [5.41, 5.74) is 6.72. The summed E-state index contributed by atoms with van der Waals surface area (Å²) >= 11 is 3.39. The van der Waals surface area contributed by atoms with Gasteiger partial charge in [-0.25, -0.2) is 0 Å². The second kappa shape index (κ2) is 6.82. The number of hydrogen-bond donors (Lipinski definition) is 2. The Labute approximate surface area is 103 Å². The van der Waals surface area contributed by atoms with E-state index in [2.05, 4.69) is 15.9 Å². The number of nitrogens with two attached hydrogens (primary N) is 1. The minimum Gasteiger partial charge on any atom is -0.481 e. The largest absolute Gasteiger partial charge is 0.481 e. The zero-order valence-corrected chi connectivity index (χ0v) is 10.4. The fourth-order valence-electron chi connectivity index (χ4n) is 1.24. The summed E-state index contributed by atoms with van der Waals surface area (Å²) in [6.07, 6.45) is 0.578. The van der Waals surface area contributed by atoms with Gasteiger partial charge in [-0.1, -0.05) is 34.1 Å². The first-order valence-electron chi connectivity index (χ1n) is 4.30. The van der Waals surface area contributed by atoms with Crippen molar-refractivity contribution in [1.29, 1.82) is 0 Å². The van der Waals surface area contributed by atoms with E-state index in [1.807, 2.05) is 24.3 Å². The quantitative estimate of drug-likeness (QED) is 0.895. The minimum absolute atomic E-state index is 0. The van der Waals surface area contributed by atoms with Crippen LogP contribution in [0.25, 0.3) is 0 Å². The first kappa shape index (κ1) is 14.4. The standard InChI is InChI=1S/C10H12BrNO2.ClH/c11-9-4-2-1-3-7(9)5-8(12)6-10(13)14;/h1-4,8H,5-6,12H2,(H,13,14);1H/t8-;/m1./s1. The van der Waals surface area contributed by atoms with E-state index in [0.29, 0.717) is 6.42 Å². The summed E-state index contributed by atoms with van der Waals surface area (Å²) < 4.78 is 0.973. The second-order valence-corrected chi connectivity index (χ2v) is 4.01. The van der Waals surface area contributed by atoms with E-state index in [9.17, 15) is 4.79 Å². The van der Waals surface area contributed by atoms with Crippen molar-refractivity contribution >= 4 is 34.3 Å². The maximum absolute atomic E-state index is 10.4. The fourth-order valence-corrected chi connectivity index (χ4v) is 1.69. The third kappa shape index (κ3) is 5.16. The summed E-state index contributed by atoms with van der Waals surface area (Å²) in [7, 11) is 0. The predicted octanol–water partition coefficient (Wildman–Crippen LogP) is 2.22. The molecule has 3 nitrogen and oxygen atoms in total. The average Bonchev–Trinajstić information content (AvgIpc) is 2.07. The molecule has 0 spiro atoms. The number of carboxylic acid groups (broad SMARTS) is 1. The SMILES string of the molecule is Cl.N[C@@H](CC(=O)O)Cc1ccccc1Br. The molecule has 0 heterocycles. The number of benzene rings is 1. The van der Waals surface area contributed by atoms with Gasteiger partial charge in [-0.2, -0.15) is 0 Å². The Kier molecular flexibility index (Phi) is 6.56. The van der Waals surface area contributed by atoms with E-state index in [1.54, 1.807) is 0 Å². The maximum Gasteiger partial charge on any atom is 0.304 e. The van der Waals surface area contributed by atoms with Gasteiger partial charge in [0.1, 0.15) is 0 Å². The summed E-state index contributed by atoms with van der Waals surface area (Å²) in [5.74, 6) is -0.857. The summed E-state index contributed by atoms with van der Waals surface area (Å²) in [5, 5.41) is 8.54. The Balaban J connectivity index is 0.00000196. The molecular weight excluding hydrogens is 281 g/mol. The van der Waals surface area contributed by atoms with Gasteiger partial charge in [-0.05, 0) is 18.1 Å². The van der Waals surface area contributed by atoms with Crippen LogP contribution in [0.15, 0.2) is 28.7 Å². The van der Waals surface area contributed by atoms with E-state index in [0.717, 1.165) is 10.0 Å². The van der Waals surface area contributed by atoms with Crippen LogP contribution in [0, 0.1) is 0 Å². The van der Waals surface area contributed by atoms with E-state index in [1.165, 1.54) is 0 Å². The Bertz CT molecular complexity index is 333. The molecule has 15 heavy (non-hydrogen) atoms. The van der Waals surface area contributed by atoms with E-state index in [-0.39, 0.29) is 24.9 Å². The van der Waals surface area contributed by atoms with Crippen LogP contribution in [0.3, 0.4) is 0 Å². The number of rotatable bonds is 4. The zero-order valence-electron chi connectivity index (χ0n) is 8.02. The highest BCUT2D eigenvalue weighted by Gasteiger charge is 2.10.